The minimum atomic E-state index is -0.117. The van der Waals surface area contributed by atoms with Gasteiger partial charge >= 0.3 is 0 Å². The molecule has 1 atom stereocenters. The van der Waals surface area contributed by atoms with E-state index in [1.54, 1.807) is 0 Å². The van der Waals surface area contributed by atoms with Crippen LogP contribution in [0.15, 0.2) is 24.3 Å². The molecule has 0 aromatic heterocycles. The van der Waals surface area contributed by atoms with E-state index in [0.717, 1.165) is 25.7 Å². The summed E-state index contributed by atoms with van der Waals surface area (Å²) in [5, 5.41) is 3.86. The molecule has 1 aromatic rings. The van der Waals surface area contributed by atoms with Gasteiger partial charge in [0, 0.05) is 18.0 Å². The van der Waals surface area contributed by atoms with Crippen LogP contribution in [0.3, 0.4) is 0 Å². The molecule has 2 aliphatic rings. The van der Waals surface area contributed by atoms with Crippen LogP contribution < -0.4 is 11.1 Å². The highest BCUT2D eigenvalue weighted by atomic mass is 16.1. The van der Waals surface area contributed by atoms with Gasteiger partial charge in [0.1, 0.15) is 0 Å². The van der Waals surface area contributed by atoms with Gasteiger partial charge in [-0.3, -0.25) is 4.79 Å². The number of nitrogens with one attached hydrogen (secondary N) is 1. The standard InChI is InChI=1S/C18H26N2O/c19-18(21)14-9-11-15(12-10-14)20-17-8-4-2-6-13-5-1-3-7-16(13)17/h1,3,5,7,14-15,17,20H,2,4,6,8-12H2,(H2,19,21). The Bertz CT molecular complexity index is 492. The van der Waals surface area contributed by atoms with Crippen LogP contribution >= 0.6 is 0 Å². The minimum Gasteiger partial charge on any atom is -0.369 e. The molecule has 0 heterocycles. The van der Waals surface area contributed by atoms with Crippen molar-refractivity contribution in [2.24, 2.45) is 11.7 Å². The van der Waals surface area contributed by atoms with E-state index < -0.39 is 0 Å². The summed E-state index contributed by atoms with van der Waals surface area (Å²) < 4.78 is 0. The minimum absolute atomic E-state index is 0.101. The molecule has 0 saturated heterocycles. The molecule has 3 nitrogen and oxygen atoms in total. The fourth-order valence-corrected chi connectivity index (χ4v) is 3.92. The number of benzene rings is 1. The lowest BCUT2D eigenvalue weighted by Gasteiger charge is -2.31. The molecular weight excluding hydrogens is 260 g/mol. The predicted molar refractivity (Wildman–Crippen MR) is 84.8 cm³/mol. The summed E-state index contributed by atoms with van der Waals surface area (Å²) in [6.07, 6.45) is 9.07. The Labute approximate surface area is 127 Å². The molecule has 3 N–H and O–H groups in total. The summed E-state index contributed by atoms with van der Waals surface area (Å²) >= 11 is 0. The van der Waals surface area contributed by atoms with Gasteiger partial charge < -0.3 is 11.1 Å². The van der Waals surface area contributed by atoms with Gasteiger partial charge in [-0.25, -0.2) is 0 Å². The van der Waals surface area contributed by atoms with Crippen LogP contribution in [0.4, 0.5) is 0 Å². The number of nitrogens with two attached hydrogens (primary N) is 1. The van der Waals surface area contributed by atoms with Crippen LogP contribution in [0.5, 0.6) is 0 Å². The molecular formula is C18H26N2O. The lowest BCUT2D eigenvalue weighted by atomic mass is 9.85. The second kappa shape index (κ2) is 6.61. The lowest BCUT2D eigenvalue weighted by Crippen LogP contribution is -2.38. The Morgan fingerprint density at radius 2 is 1.81 bits per heavy atom. The SMILES string of the molecule is NC(=O)C1CCC(NC2CCCCc3ccccc32)CC1. The van der Waals surface area contributed by atoms with E-state index in [2.05, 4.69) is 29.6 Å². The number of carbonyl (C=O) groups is 1. The Morgan fingerprint density at radius 3 is 2.57 bits per heavy atom. The molecule has 1 unspecified atom stereocenters. The van der Waals surface area contributed by atoms with E-state index in [-0.39, 0.29) is 11.8 Å². The summed E-state index contributed by atoms with van der Waals surface area (Å²) in [6, 6.07) is 9.89. The molecule has 21 heavy (non-hydrogen) atoms. The van der Waals surface area contributed by atoms with E-state index in [1.807, 2.05) is 0 Å². The fraction of sp³-hybridized carbons (Fsp3) is 0.611. The summed E-state index contributed by atoms with van der Waals surface area (Å²) in [5.41, 5.74) is 8.43. The van der Waals surface area contributed by atoms with Gasteiger partial charge in [-0.15, -0.1) is 0 Å². The van der Waals surface area contributed by atoms with Gasteiger partial charge in [0.15, 0.2) is 0 Å². The number of primary amides is 1. The van der Waals surface area contributed by atoms with Gasteiger partial charge in [-0.1, -0.05) is 30.7 Å². The summed E-state index contributed by atoms with van der Waals surface area (Å²) in [6.45, 7) is 0. The van der Waals surface area contributed by atoms with Crippen molar-refractivity contribution in [1.82, 2.24) is 5.32 Å². The number of carbonyl (C=O) groups excluding carboxylic acids is 1. The number of rotatable bonds is 3. The van der Waals surface area contributed by atoms with Crippen molar-refractivity contribution in [3.05, 3.63) is 35.4 Å². The van der Waals surface area contributed by atoms with Crippen molar-refractivity contribution in [1.29, 1.82) is 0 Å². The largest absolute Gasteiger partial charge is 0.369 e. The molecule has 0 bridgehead atoms. The van der Waals surface area contributed by atoms with Crippen LogP contribution in [-0.2, 0) is 11.2 Å². The molecule has 3 heteroatoms. The van der Waals surface area contributed by atoms with Crippen molar-refractivity contribution in [2.75, 3.05) is 0 Å². The van der Waals surface area contributed by atoms with Crippen LogP contribution in [0.1, 0.15) is 62.1 Å². The summed E-state index contributed by atoms with van der Waals surface area (Å²) in [4.78, 5) is 11.3. The highest BCUT2D eigenvalue weighted by Gasteiger charge is 2.27. The molecule has 2 aliphatic carbocycles. The summed E-state index contributed by atoms with van der Waals surface area (Å²) in [5.74, 6) is -0.0160. The second-order valence-electron chi connectivity index (χ2n) is 6.61. The lowest BCUT2D eigenvalue weighted by molar-refractivity contribution is -0.122. The zero-order valence-corrected chi connectivity index (χ0v) is 12.7. The number of fused-ring (bicyclic) bond motifs is 1. The van der Waals surface area contributed by atoms with Crippen LogP contribution in [0.25, 0.3) is 0 Å². The zero-order chi connectivity index (χ0) is 14.7. The van der Waals surface area contributed by atoms with Crippen LogP contribution in [0, 0.1) is 5.92 Å². The molecule has 114 valence electrons. The zero-order valence-electron chi connectivity index (χ0n) is 12.7. The topological polar surface area (TPSA) is 55.1 Å². The Hall–Kier alpha value is -1.35. The Balaban J connectivity index is 1.64. The smallest absolute Gasteiger partial charge is 0.220 e. The molecule has 1 aromatic carbocycles. The monoisotopic (exact) mass is 286 g/mol. The van der Waals surface area contributed by atoms with Gasteiger partial charge in [0.05, 0.1) is 0 Å². The van der Waals surface area contributed by atoms with E-state index in [4.69, 9.17) is 5.73 Å². The molecule has 3 rings (SSSR count). The van der Waals surface area contributed by atoms with E-state index in [9.17, 15) is 4.79 Å². The van der Waals surface area contributed by atoms with Gasteiger partial charge in [0.25, 0.3) is 0 Å². The molecule has 1 amide bonds. The molecule has 0 radical (unpaired) electrons. The third-order valence-corrected chi connectivity index (χ3v) is 5.19. The van der Waals surface area contributed by atoms with Crippen molar-refractivity contribution >= 4 is 5.91 Å². The average molecular weight is 286 g/mol. The second-order valence-corrected chi connectivity index (χ2v) is 6.61. The number of aryl methyl sites for hydroxylation is 1. The van der Waals surface area contributed by atoms with Crippen molar-refractivity contribution < 1.29 is 4.79 Å². The number of hydrogen-bond acceptors (Lipinski definition) is 2. The van der Waals surface area contributed by atoms with Crippen molar-refractivity contribution in [2.45, 2.75) is 63.5 Å². The first kappa shape index (κ1) is 14.6. The van der Waals surface area contributed by atoms with Gasteiger partial charge in [0.2, 0.25) is 5.91 Å². The van der Waals surface area contributed by atoms with Crippen LogP contribution in [-0.4, -0.2) is 11.9 Å². The maximum atomic E-state index is 11.3. The quantitative estimate of drug-likeness (QED) is 0.839. The Kier molecular flexibility index (Phi) is 4.59. The van der Waals surface area contributed by atoms with Crippen molar-refractivity contribution in [3.8, 4) is 0 Å². The average Bonchev–Trinajstić information content (AvgIpc) is 2.71. The maximum Gasteiger partial charge on any atom is 0.220 e. The third-order valence-electron chi connectivity index (χ3n) is 5.19. The third kappa shape index (κ3) is 3.46. The number of hydrogen-bond donors (Lipinski definition) is 2. The molecule has 0 spiro atoms. The first-order valence-corrected chi connectivity index (χ1v) is 8.37. The Morgan fingerprint density at radius 1 is 1.05 bits per heavy atom. The highest BCUT2D eigenvalue weighted by Crippen LogP contribution is 2.31. The van der Waals surface area contributed by atoms with Gasteiger partial charge in [-0.05, 0) is 56.1 Å². The van der Waals surface area contributed by atoms with Gasteiger partial charge in [-0.2, -0.15) is 0 Å². The normalized spacial score (nSPS) is 29.4. The van der Waals surface area contributed by atoms with E-state index in [1.165, 1.54) is 36.8 Å². The first-order valence-electron chi connectivity index (χ1n) is 8.37. The highest BCUT2D eigenvalue weighted by molar-refractivity contribution is 5.76. The molecule has 0 aliphatic heterocycles. The predicted octanol–water partition coefficient (Wildman–Crippen LogP) is 3.09. The van der Waals surface area contributed by atoms with E-state index in [0.29, 0.717) is 12.1 Å². The van der Waals surface area contributed by atoms with Crippen molar-refractivity contribution in [3.63, 3.8) is 0 Å². The first-order chi connectivity index (χ1) is 10.2. The van der Waals surface area contributed by atoms with E-state index >= 15 is 0 Å². The maximum absolute atomic E-state index is 11.3. The van der Waals surface area contributed by atoms with Crippen LogP contribution in [0.2, 0.25) is 0 Å². The number of amides is 1. The summed E-state index contributed by atoms with van der Waals surface area (Å²) in [7, 11) is 0. The molecule has 1 fully saturated rings. The fourth-order valence-electron chi connectivity index (χ4n) is 3.92. The molecule has 1 saturated carbocycles.